The molecule has 0 fully saturated rings. The predicted molar refractivity (Wildman–Crippen MR) is 81.1 cm³/mol. The summed E-state index contributed by atoms with van der Waals surface area (Å²) in [5.74, 6) is 1.01. The molecule has 1 heteroatoms. The van der Waals surface area contributed by atoms with Crippen LogP contribution in [0.1, 0.15) is 59.6 Å². The van der Waals surface area contributed by atoms with Gasteiger partial charge in [0.2, 0.25) is 0 Å². The third-order valence-corrected chi connectivity index (χ3v) is 1.85. The summed E-state index contributed by atoms with van der Waals surface area (Å²) in [6, 6.07) is 6.12. The molecular weight excluding hydrogens is 208 g/mol. The molecule has 1 aromatic carbocycles. The monoisotopic (exact) mass is 240 g/mol. The number of hydrogen-bond acceptors (Lipinski definition) is 1. The van der Waals surface area contributed by atoms with Crippen molar-refractivity contribution >= 4 is 0 Å². The number of aryl methyl sites for hydroxylation is 1. The molecule has 0 aliphatic carbocycles. The van der Waals surface area contributed by atoms with Gasteiger partial charge in [0.15, 0.2) is 0 Å². The lowest BCUT2D eigenvalue weighted by Gasteiger charge is -2.07. The van der Waals surface area contributed by atoms with Crippen molar-refractivity contribution in [2.75, 3.05) is 6.61 Å². The molecule has 1 aromatic rings. The van der Waals surface area contributed by atoms with E-state index in [0.717, 1.165) is 12.4 Å². The predicted octanol–water partition coefficient (Wildman–Crippen LogP) is 5.78. The van der Waals surface area contributed by atoms with E-state index in [9.17, 15) is 0 Å². The molecule has 0 N–H and O–H groups in total. The van der Waals surface area contributed by atoms with Crippen molar-refractivity contribution in [2.45, 2.75) is 62.3 Å². The van der Waals surface area contributed by atoms with Gasteiger partial charge in [0.1, 0.15) is 5.75 Å². The van der Waals surface area contributed by atoms with Crippen LogP contribution < -0.4 is 4.74 Å². The van der Waals surface area contributed by atoms with Gasteiger partial charge < -0.3 is 4.74 Å². The highest BCUT2D eigenvalue weighted by atomic mass is 16.5. The third kappa shape index (κ3) is 9.92. The molecule has 1 nitrogen and oxygen atoms in total. The standard InChI is InChI=1S/C10H14O.3C2H6/c1-4-11-10-7-5-6-8(2)9(10)3;3*1-2/h5-7H,4H2,1-3H3;3*1-2H3. The van der Waals surface area contributed by atoms with Crippen molar-refractivity contribution in [1.82, 2.24) is 0 Å². The zero-order valence-corrected chi connectivity index (χ0v) is 13.3. The second-order valence-electron chi connectivity index (χ2n) is 2.63. The molecule has 0 radical (unpaired) electrons. The van der Waals surface area contributed by atoms with Gasteiger partial charge in [0.05, 0.1) is 6.61 Å². The molecule has 0 saturated carbocycles. The van der Waals surface area contributed by atoms with Crippen LogP contribution in [0.3, 0.4) is 0 Å². The van der Waals surface area contributed by atoms with Crippen molar-refractivity contribution in [3.8, 4) is 5.75 Å². The Balaban J connectivity index is -0.000000285. The topological polar surface area (TPSA) is 9.23 Å². The molecule has 0 amide bonds. The van der Waals surface area contributed by atoms with Crippen LogP contribution in [-0.4, -0.2) is 6.61 Å². The van der Waals surface area contributed by atoms with Crippen LogP contribution >= 0.6 is 0 Å². The Morgan fingerprint density at radius 1 is 0.882 bits per heavy atom. The van der Waals surface area contributed by atoms with Crippen LogP contribution in [0.5, 0.6) is 5.75 Å². The van der Waals surface area contributed by atoms with Crippen molar-refractivity contribution in [3.05, 3.63) is 29.3 Å². The maximum absolute atomic E-state index is 5.42. The Morgan fingerprint density at radius 3 is 1.76 bits per heavy atom. The minimum Gasteiger partial charge on any atom is -0.494 e. The molecule has 0 spiro atoms. The van der Waals surface area contributed by atoms with Crippen molar-refractivity contribution in [1.29, 1.82) is 0 Å². The van der Waals surface area contributed by atoms with E-state index in [4.69, 9.17) is 4.74 Å². The fourth-order valence-corrected chi connectivity index (χ4v) is 1.04. The van der Waals surface area contributed by atoms with Crippen molar-refractivity contribution in [2.24, 2.45) is 0 Å². The van der Waals surface area contributed by atoms with Gasteiger partial charge in [-0.2, -0.15) is 0 Å². The molecular formula is C16H32O. The van der Waals surface area contributed by atoms with Crippen molar-refractivity contribution < 1.29 is 4.74 Å². The first-order valence-electron chi connectivity index (χ1n) is 6.94. The molecule has 0 aliphatic rings. The minimum absolute atomic E-state index is 0.740. The number of hydrogen-bond donors (Lipinski definition) is 0. The van der Waals surface area contributed by atoms with Crippen LogP contribution in [0.25, 0.3) is 0 Å². The molecule has 0 atom stereocenters. The summed E-state index contributed by atoms with van der Waals surface area (Å²) >= 11 is 0. The van der Waals surface area contributed by atoms with E-state index in [1.54, 1.807) is 0 Å². The van der Waals surface area contributed by atoms with E-state index in [2.05, 4.69) is 19.9 Å². The highest BCUT2D eigenvalue weighted by Gasteiger charge is 1.98. The van der Waals surface area contributed by atoms with E-state index in [-0.39, 0.29) is 0 Å². The van der Waals surface area contributed by atoms with Crippen LogP contribution in [0.15, 0.2) is 18.2 Å². The zero-order chi connectivity index (χ0) is 14.3. The van der Waals surface area contributed by atoms with Gasteiger partial charge in [-0.3, -0.25) is 0 Å². The molecule has 0 aliphatic heterocycles. The lowest BCUT2D eigenvalue weighted by Crippen LogP contribution is -1.94. The van der Waals surface area contributed by atoms with E-state index in [1.807, 2.05) is 60.6 Å². The lowest BCUT2D eigenvalue weighted by molar-refractivity contribution is 0.337. The fraction of sp³-hybridized carbons (Fsp3) is 0.625. The molecule has 0 unspecified atom stereocenters. The van der Waals surface area contributed by atoms with Crippen LogP contribution in [-0.2, 0) is 0 Å². The first kappa shape index (κ1) is 21.3. The molecule has 1 rings (SSSR count). The van der Waals surface area contributed by atoms with Gasteiger partial charge in [-0.15, -0.1) is 0 Å². The summed E-state index contributed by atoms with van der Waals surface area (Å²) in [4.78, 5) is 0. The Bertz CT molecular complexity index is 241. The second-order valence-corrected chi connectivity index (χ2v) is 2.63. The molecule has 0 saturated heterocycles. The first-order valence-corrected chi connectivity index (χ1v) is 6.94. The highest BCUT2D eigenvalue weighted by Crippen LogP contribution is 2.19. The Labute approximate surface area is 109 Å². The third-order valence-electron chi connectivity index (χ3n) is 1.85. The molecule has 0 bridgehead atoms. The summed E-state index contributed by atoms with van der Waals surface area (Å²) < 4.78 is 5.42. The van der Waals surface area contributed by atoms with Crippen LogP contribution in [0.2, 0.25) is 0 Å². The minimum atomic E-state index is 0.740. The maximum Gasteiger partial charge on any atom is 0.122 e. The van der Waals surface area contributed by atoms with Gasteiger partial charge in [0.25, 0.3) is 0 Å². The Kier molecular flexibility index (Phi) is 21.8. The molecule has 17 heavy (non-hydrogen) atoms. The fourth-order valence-electron chi connectivity index (χ4n) is 1.04. The second kappa shape index (κ2) is 17.4. The number of rotatable bonds is 2. The molecule has 102 valence electrons. The highest BCUT2D eigenvalue weighted by molar-refractivity contribution is 5.38. The summed E-state index contributed by atoms with van der Waals surface area (Å²) in [7, 11) is 0. The van der Waals surface area contributed by atoms with Gasteiger partial charge in [-0.25, -0.2) is 0 Å². The van der Waals surface area contributed by atoms with E-state index >= 15 is 0 Å². The Morgan fingerprint density at radius 2 is 1.35 bits per heavy atom. The normalized spacial score (nSPS) is 7.35. The summed E-state index contributed by atoms with van der Waals surface area (Å²) in [5, 5.41) is 0. The number of ether oxygens (including phenoxy) is 1. The van der Waals surface area contributed by atoms with Gasteiger partial charge in [-0.1, -0.05) is 53.7 Å². The number of benzene rings is 1. The van der Waals surface area contributed by atoms with Crippen molar-refractivity contribution in [3.63, 3.8) is 0 Å². The van der Waals surface area contributed by atoms with Crippen LogP contribution in [0.4, 0.5) is 0 Å². The lowest BCUT2D eigenvalue weighted by atomic mass is 10.1. The quantitative estimate of drug-likeness (QED) is 0.636. The van der Waals surface area contributed by atoms with Gasteiger partial charge in [-0.05, 0) is 38.0 Å². The van der Waals surface area contributed by atoms with Gasteiger partial charge >= 0.3 is 0 Å². The maximum atomic E-state index is 5.42. The summed E-state index contributed by atoms with van der Waals surface area (Å²) in [6.07, 6.45) is 0. The average molecular weight is 240 g/mol. The Hall–Kier alpha value is -0.980. The van der Waals surface area contributed by atoms with E-state index < -0.39 is 0 Å². The van der Waals surface area contributed by atoms with Crippen LogP contribution in [0, 0.1) is 13.8 Å². The molecule has 0 aromatic heterocycles. The van der Waals surface area contributed by atoms with Gasteiger partial charge in [0, 0.05) is 0 Å². The van der Waals surface area contributed by atoms with E-state index in [1.165, 1.54) is 11.1 Å². The average Bonchev–Trinajstić information content (AvgIpc) is 2.42. The smallest absolute Gasteiger partial charge is 0.122 e. The SMILES string of the molecule is CC.CC.CC.CCOc1cccc(C)c1C. The van der Waals surface area contributed by atoms with E-state index in [0.29, 0.717) is 0 Å². The zero-order valence-electron chi connectivity index (χ0n) is 13.3. The first-order chi connectivity index (χ1) is 8.25. The summed E-state index contributed by atoms with van der Waals surface area (Å²) in [5.41, 5.74) is 2.53. The largest absolute Gasteiger partial charge is 0.494 e. The molecule has 0 heterocycles. The summed E-state index contributed by atoms with van der Waals surface area (Å²) in [6.45, 7) is 18.9.